The molecule has 2 aromatic carbocycles. The Bertz CT molecular complexity index is 1100. The molecule has 136 valence electrons. The highest BCUT2D eigenvalue weighted by Gasteiger charge is 2.43. The van der Waals surface area contributed by atoms with E-state index in [1.165, 1.54) is 6.42 Å². The van der Waals surface area contributed by atoms with Crippen LogP contribution in [0.1, 0.15) is 28.8 Å². The third-order valence-corrected chi connectivity index (χ3v) is 5.99. The SMILES string of the molecule is Cc1c(-c2ccccc2)oc2c(C(=O)N3CCC4CC4C3)cccc2c1=O. The Labute approximate surface area is 157 Å². The normalized spacial score (nSPS) is 21.1. The van der Waals surface area contributed by atoms with Crippen molar-refractivity contribution in [3.63, 3.8) is 0 Å². The molecule has 2 atom stereocenters. The summed E-state index contributed by atoms with van der Waals surface area (Å²) in [6.07, 6.45) is 2.32. The van der Waals surface area contributed by atoms with Crippen molar-refractivity contribution in [3.05, 3.63) is 69.9 Å². The second-order valence-electron chi connectivity index (χ2n) is 7.73. The summed E-state index contributed by atoms with van der Waals surface area (Å²) in [5, 5.41) is 0.472. The molecule has 1 saturated heterocycles. The summed E-state index contributed by atoms with van der Waals surface area (Å²) in [5.74, 6) is 1.98. The lowest BCUT2D eigenvalue weighted by atomic mass is 10.0. The van der Waals surface area contributed by atoms with Crippen molar-refractivity contribution in [2.45, 2.75) is 19.8 Å². The lowest BCUT2D eigenvalue weighted by molar-refractivity contribution is 0.0717. The van der Waals surface area contributed by atoms with Crippen LogP contribution in [0.2, 0.25) is 0 Å². The molecule has 1 aliphatic heterocycles. The number of rotatable bonds is 2. The molecule has 4 nitrogen and oxygen atoms in total. The first-order valence-electron chi connectivity index (χ1n) is 9.54. The maximum atomic E-state index is 13.2. The molecule has 0 spiro atoms. The second-order valence-corrected chi connectivity index (χ2v) is 7.73. The molecule has 27 heavy (non-hydrogen) atoms. The Morgan fingerprint density at radius 2 is 1.89 bits per heavy atom. The number of hydrogen-bond donors (Lipinski definition) is 0. The minimum absolute atomic E-state index is 0.0306. The van der Waals surface area contributed by atoms with Gasteiger partial charge in [0.15, 0.2) is 11.0 Å². The number of piperidine rings is 1. The van der Waals surface area contributed by atoms with Crippen molar-refractivity contribution in [2.75, 3.05) is 13.1 Å². The summed E-state index contributed by atoms with van der Waals surface area (Å²) < 4.78 is 6.19. The summed E-state index contributed by atoms with van der Waals surface area (Å²) in [7, 11) is 0. The van der Waals surface area contributed by atoms with Gasteiger partial charge in [0.1, 0.15) is 5.76 Å². The van der Waals surface area contributed by atoms with Crippen molar-refractivity contribution in [1.82, 2.24) is 4.90 Å². The fraction of sp³-hybridized carbons (Fsp3) is 0.304. The average molecular weight is 359 g/mol. The van der Waals surface area contributed by atoms with Gasteiger partial charge in [-0.3, -0.25) is 9.59 Å². The Morgan fingerprint density at radius 1 is 1.07 bits per heavy atom. The molecule has 0 radical (unpaired) electrons. The Morgan fingerprint density at radius 3 is 2.67 bits per heavy atom. The zero-order valence-corrected chi connectivity index (χ0v) is 15.3. The van der Waals surface area contributed by atoms with Gasteiger partial charge in [-0.05, 0) is 43.7 Å². The van der Waals surface area contributed by atoms with Crippen LogP contribution in [0.4, 0.5) is 0 Å². The van der Waals surface area contributed by atoms with Crippen LogP contribution in [0.25, 0.3) is 22.3 Å². The van der Waals surface area contributed by atoms with Crippen LogP contribution in [0.3, 0.4) is 0 Å². The minimum atomic E-state index is -0.0781. The van der Waals surface area contributed by atoms with E-state index in [1.54, 1.807) is 25.1 Å². The molecule has 2 unspecified atom stereocenters. The molecule has 2 heterocycles. The smallest absolute Gasteiger partial charge is 0.257 e. The van der Waals surface area contributed by atoms with E-state index < -0.39 is 0 Å². The summed E-state index contributed by atoms with van der Waals surface area (Å²) in [6, 6.07) is 14.9. The number of hydrogen-bond acceptors (Lipinski definition) is 3. The molecule has 0 bridgehead atoms. The number of carbonyl (C=O) groups is 1. The Kier molecular flexibility index (Phi) is 3.67. The van der Waals surface area contributed by atoms with Crippen LogP contribution in [-0.4, -0.2) is 23.9 Å². The summed E-state index contributed by atoms with van der Waals surface area (Å²) >= 11 is 0. The highest BCUT2D eigenvalue weighted by molar-refractivity contribution is 6.05. The minimum Gasteiger partial charge on any atom is -0.455 e. The lowest BCUT2D eigenvalue weighted by Crippen LogP contribution is -2.37. The van der Waals surface area contributed by atoms with E-state index in [2.05, 4.69) is 0 Å². The van der Waals surface area contributed by atoms with Crippen molar-refractivity contribution >= 4 is 16.9 Å². The molecule has 1 amide bonds. The summed E-state index contributed by atoms with van der Waals surface area (Å²) in [6.45, 7) is 3.39. The van der Waals surface area contributed by atoms with Crippen molar-refractivity contribution in [3.8, 4) is 11.3 Å². The van der Waals surface area contributed by atoms with E-state index in [1.807, 2.05) is 35.2 Å². The molecule has 2 aliphatic rings. The van der Waals surface area contributed by atoms with Crippen LogP contribution in [0.15, 0.2) is 57.7 Å². The number of fused-ring (bicyclic) bond motifs is 2. The first kappa shape index (κ1) is 16.3. The van der Waals surface area contributed by atoms with Crippen LogP contribution in [0, 0.1) is 18.8 Å². The second kappa shape index (κ2) is 6.08. The van der Waals surface area contributed by atoms with Crippen LogP contribution in [-0.2, 0) is 0 Å². The van der Waals surface area contributed by atoms with E-state index >= 15 is 0 Å². The molecule has 5 rings (SSSR count). The van der Waals surface area contributed by atoms with Gasteiger partial charge in [0.25, 0.3) is 5.91 Å². The van der Waals surface area contributed by atoms with Gasteiger partial charge >= 0.3 is 0 Å². The van der Waals surface area contributed by atoms with Crippen LogP contribution in [0.5, 0.6) is 0 Å². The van der Waals surface area contributed by atoms with Crippen molar-refractivity contribution in [2.24, 2.45) is 11.8 Å². The van der Waals surface area contributed by atoms with Gasteiger partial charge in [-0.2, -0.15) is 0 Å². The fourth-order valence-corrected chi connectivity index (χ4v) is 4.28. The predicted octanol–water partition coefficient (Wildman–Crippen LogP) is 4.25. The third-order valence-electron chi connectivity index (χ3n) is 5.99. The molecule has 4 heteroatoms. The highest BCUT2D eigenvalue weighted by atomic mass is 16.3. The van der Waals surface area contributed by atoms with E-state index in [4.69, 9.17) is 4.42 Å². The molecular formula is C23H21NO3. The van der Waals surface area contributed by atoms with Gasteiger partial charge in [-0.15, -0.1) is 0 Å². The maximum Gasteiger partial charge on any atom is 0.257 e. The van der Waals surface area contributed by atoms with Crippen molar-refractivity contribution in [1.29, 1.82) is 0 Å². The topological polar surface area (TPSA) is 50.5 Å². The van der Waals surface area contributed by atoms with E-state index in [0.29, 0.717) is 33.8 Å². The van der Waals surface area contributed by atoms with Gasteiger partial charge in [-0.1, -0.05) is 36.4 Å². The monoisotopic (exact) mass is 359 g/mol. The van der Waals surface area contributed by atoms with Gasteiger partial charge in [0, 0.05) is 24.2 Å². The molecular weight excluding hydrogens is 338 g/mol. The van der Waals surface area contributed by atoms with Gasteiger partial charge in [0.2, 0.25) is 0 Å². The first-order valence-corrected chi connectivity index (χ1v) is 9.54. The predicted molar refractivity (Wildman–Crippen MR) is 105 cm³/mol. The van der Waals surface area contributed by atoms with E-state index in [-0.39, 0.29) is 11.3 Å². The summed E-state index contributed by atoms with van der Waals surface area (Å²) in [4.78, 5) is 28.1. The number of nitrogens with zero attached hydrogens (tertiary/aromatic N) is 1. The average Bonchev–Trinajstić information content (AvgIpc) is 3.49. The number of para-hydroxylation sites is 1. The van der Waals surface area contributed by atoms with Crippen LogP contribution < -0.4 is 5.43 Å². The van der Waals surface area contributed by atoms with Gasteiger partial charge in [-0.25, -0.2) is 0 Å². The molecule has 1 saturated carbocycles. The van der Waals surface area contributed by atoms with E-state index in [0.717, 1.165) is 31.0 Å². The summed E-state index contributed by atoms with van der Waals surface area (Å²) in [5.41, 5.74) is 2.22. The molecule has 2 fully saturated rings. The lowest BCUT2D eigenvalue weighted by Gasteiger charge is -2.26. The molecule has 1 aliphatic carbocycles. The molecule has 3 aromatic rings. The number of benzene rings is 2. The van der Waals surface area contributed by atoms with Crippen LogP contribution >= 0.6 is 0 Å². The maximum absolute atomic E-state index is 13.2. The zero-order valence-electron chi connectivity index (χ0n) is 15.3. The molecule has 0 N–H and O–H groups in total. The van der Waals surface area contributed by atoms with Gasteiger partial charge in [0.05, 0.1) is 10.9 Å². The van der Waals surface area contributed by atoms with Gasteiger partial charge < -0.3 is 9.32 Å². The van der Waals surface area contributed by atoms with Crippen molar-refractivity contribution < 1.29 is 9.21 Å². The Balaban J connectivity index is 1.66. The number of likely N-dealkylation sites (tertiary alicyclic amines) is 1. The quantitative estimate of drug-likeness (QED) is 0.687. The highest BCUT2D eigenvalue weighted by Crippen LogP contribution is 2.45. The Hall–Kier alpha value is -2.88. The largest absolute Gasteiger partial charge is 0.455 e. The first-order chi connectivity index (χ1) is 13.1. The molecule has 1 aromatic heterocycles. The van der Waals surface area contributed by atoms with E-state index in [9.17, 15) is 9.59 Å². The number of carbonyl (C=O) groups excluding carboxylic acids is 1. The number of amides is 1. The fourth-order valence-electron chi connectivity index (χ4n) is 4.28. The zero-order chi connectivity index (χ0) is 18.5. The third kappa shape index (κ3) is 2.67. The standard InChI is InChI=1S/C23H21NO3/c1-14-20(25)18-8-5-9-19(23(26)24-11-10-16-12-17(16)13-24)22(18)27-21(14)15-6-3-2-4-7-15/h2-9,16-17H,10-13H2,1H3.